The highest BCUT2D eigenvalue weighted by Crippen LogP contribution is 2.30. The largest absolute Gasteiger partial charge is 0.493 e. The van der Waals surface area contributed by atoms with E-state index in [1.807, 2.05) is 19.1 Å². The van der Waals surface area contributed by atoms with Gasteiger partial charge < -0.3 is 14.6 Å². The molecule has 26 heavy (non-hydrogen) atoms. The lowest BCUT2D eigenvalue weighted by Gasteiger charge is -2.21. The van der Waals surface area contributed by atoms with Crippen LogP contribution in [0.15, 0.2) is 42.5 Å². The van der Waals surface area contributed by atoms with Crippen molar-refractivity contribution in [2.75, 3.05) is 27.8 Å². The van der Waals surface area contributed by atoms with Crippen LogP contribution < -0.4 is 9.47 Å². The minimum absolute atomic E-state index is 0.0519. The molecule has 2 aromatic carbocycles. The average molecular weight is 379 g/mol. The van der Waals surface area contributed by atoms with Crippen molar-refractivity contribution in [1.82, 2.24) is 4.31 Å². The normalized spacial score (nSPS) is 12.8. The van der Waals surface area contributed by atoms with E-state index in [0.717, 1.165) is 5.56 Å². The first-order valence-corrected chi connectivity index (χ1v) is 9.77. The number of rotatable bonds is 8. The second-order valence-corrected chi connectivity index (χ2v) is 8.23. The molecular formula is C19H25NO5S. The van der Waals surface area contributed by atoms with Crippen LogP contribution in [0.2, 0.25) is 0 Å². The molecule has 1 atom stereocenters. The van der Waals surface area contributed by atoms with Gasteiger partial charge in [0.05, 0.1) is 26.1 Å². The van der Waals surface area contributed by atoms with Gasteiger partial charge in [0, 0.05) is 13.6 Å². The zero-order chi connectivity index (χ0) is 19.3. The Morgan fingerprint density at radius 2 is 1.65 bits per heavy atom. The topological polar surface area (TPSA) is 76.1 Å². The van der Waals surface area contributed by atoms with Gasteiger partial charge in [-0.25, -0.2) is 12.7 Å². The van der Waals surface area contributed by atoms with Gasteiger partial charge in [-0.3, -0.25) is 0 Å². The van der Waals surface area contributed by atoms with Crippen LogP contribution in [0.5, 0.6) is 11.5 Å². The van der Waals surface area contributed by atoms with Crippen molar-refractivity contribution < 1.29 is 23.0 Å². The van der Waals surface area contributed by atoms with Crippen molar-refractivity contribution in [2.24, 2.45) is 0 Å². The number of benzene rings is 2. The fraction of sp³-hybridized carbons (Fsp3) is 0.368. The fourth-order valence-electron chi connectivity index (χ4n) is 2.53. The minimum Gasteiger partial charge on any atom is -0.493 e. The van der Waals surface area contributed by atoms with E-state index < -0.39 is 16.1 Å². The summed E-state index contributed by atoms with van der Waals surface area (Å²) in [5.41, 5.74) is 2.34. The number of hydrogen-bond donors (Lipinski definition) is 1. The zero-order valence-corrected chi connectivity index (χ0v) is 16.3. The van der Waals surface area contributed by atoms with Gasteiger partial charge in [0.15, 0.2) is 11.5 Å². The molecule has 0 spiro atoms. The number of aryl methyl sites for hydroxylation is 1. The molecule has 0 radical (unpaired) electrons. The molecule has 0 aliphatic heterocycles. The third kappa shape index (κ3) is 4.97. The Morgan fingerprint density at radius 1 is 1.04 bits per heavy atom. The molecule has 0 amide bonds. The summed E-state index contributed by atoms with van der Waals surface area (Å²) in [6.45, 7) is 1.90. The Balaban J connectivity index is 2.09. The van der Waals surface area contributed by atoms with Gasteiger partial charge >= 0.3 is 0 Å². The molecule has 2 rings (SSSR count). The van der Waals surface area contributed by atoms with Crippen molar-refractivity contribution >= 4 is 10.0 Å². The summed E-state index contributed by atoms with van der Waals surface area (Å²) in [5, 5.41) is 10.4. The minimum atomic E-state index is -3.54. The highest BCUT2D eigenvalue weighted by Gasteiger charge is 2.22. The molecule has 0 heterocycles. The highest BCUT2D eigenvalue weighted by atomic mass is 32.2. The summed E-state index contributed by atoms with van der Waals surface area (Å²) in [6, 6.07) is 12.4. The summed E-state index contributed by atoms with van der Waals surface area (Å²) in [4.78, 5) is 0. The molecule has 2 aromatic rings. The molecular weight excluding hydrogens is 354 g/mol. The fourth-order valence-corrected chi connectivity index (χ4v) is 3.73. The van der Waals surface area contributed by atoms with Gasteiger partial charge in [-0.15, -0.1) is 0 Å². The lowest BCUT2D eigenvalue weighted by molar-refractivity contribution is 0.154. The van der Waals surface area contributed by atoms with E-state index in [2.05, 4.69) is 0 Å². The number of methoxy groups -OCH3 is 2. The molecule has 0 aliphatic rings. The SMILES string of the molecule is COc1ccc(C(O)CN(C)S(=O)(=O)Cc2ccc(C)cc2)cc1OC. The summed E-state index contributed by atoms with van der Waals surface area (Å²) in [5.74, 6) is 0.917. The summed E-state index contributed by atoms with van der Waals surface area (Å²) in [6.07, 6.45) is -0.979. The van der Waals surface area contributed by atoms with Gasteiger partial charge in [0.1, 0.15) is 0 Å². The first-order valence-electron chi connectivity index (χ1n) is 8.16. The molecule has 1 unspecified atom stereocenters. The number of nitrogens with zero attached hydrogens (tertiary/aromatic N) is 1. The maximum Gasteiger partial charge on any atom is 0.218 e. The second-order valence-electron chi connectivity index (χ2n) is 6.15. The summed E-state index contributed by atoms with van der Waals surface area (Å²) < 4.78 is 36.7. The van der Waals surface area contributed by atoms with Crippen molar-refractivity contribution in [3.05, 3.63) is 59.2 Å². The Hall–Kier alpha value is -2.09. The van der Waals surface area contributed by atoms with Crippen LogP contribution in [0.4, 0.5) is 0 Å². The molecule has 7 heteroatoms. The van der Waals surface area contributed by atoms with Crippen LogP contribution in [-0.4, -0.2) is 45.6 Å². The number of hydrogen-bond acceptors (Lipinski definition) is 5. The lowest BCUT2D eigenvalue weighted by atomic mass is 10.1. The number of aliphatic hydroxyl groups excluding tert-OH is 1. The van der Waals surface area contributed by atoms with Crippen molar-refractivity contribution in [1.29, 1.82) is 0 Å². The maximum atomic E-state index is 12.5. The van der Waals surface area contributed by atoms with E-state index in [-0.39, 0.29) is 12.3 Å². The molecule has 1 N–H and O–H groups in total. The smallest absolute Gasteiger partial charge is 0.218 e. The lowest BCUT2D eigenvalue weighted by Crippen LogP contribution is -2.32. The summed E-state index contributed by atoms with van der Waals surface area (Å²) in [7, 11) is 0.959. The van der Waals surface area contributed by atoms with Gasteiger partial charge in [0.2, 0.25) is 10.0 Å². The Kier molecular flexibility index (Phi) is 6.63. The van der Waals surface area contributed by atoms with Crippen LogP contribution in [0.25, 0.3) is 0 Å². The molecule has 142 valence electrons. The molecule has 0 saturated heterocycles. The zero-order valence-electron chi connectivity index (χ0n) is 15.5. The van der Waals surface area contributed by atoms with Crippen LogP contribution >= 0.6 is 0 Å². The highest BCUT2D eigenvalue weighted by molar-refractivity contribution is 7.88. The number of sulfonamides is 1. The number of likely N-dealkylation sites (N-methyl/N-ethyl adjacent to an activating group) is 1. The van der Waals surface area contributed by atoms with E-state index in [9.17, 15) is 13.5 Å². The van der Waals surface area contributed by atoms with Crippen LogP contribution in [0.3, 0.4) is 0 Å². The third-order valence-corrected chi connectivity index (χ3v) is 5.96. The third-order valence-electron chi connectivity index (χ3n) is 4.17. The van der Waals surface area contributed by atoms with E-state index in [0.29, 0.717) is 22.6 Å². The van der Waals surface area contributed by atoms with Crippen LogP contribution in [-0.2, 0) is 15.8 Å². The van der Waals surface area contributed by atoms with Crippen LogP contribution in [0, 0.1) is 6.92 Å². The molecule has 0 aliphatic carbocycles. The number of ether oxygens (including phenoxy) is 2. The van der Waals surface area contributed by atoms with E-state index in [1.165, 1.54) is 25.6 Å². The van der Waals surface area contributed by atoms with Crippen molar-refractivity contribution in [3.8, 4) is 11.5 Å². The Labute approximate surface area is 155 Å². The maximum absolute atomic E-state index is 12.5. The van der Waals surface area contributed by atoms with Gasteiger partial charge in [-0.1, -0.05) is 35.9 Å². The first-order chi connectivity index (χ1) is 12.3. The first kappa shape index (κ1) is 20.2. The van der Waals surface area contributed by atoms with Crippen LogP contribution in [0.1, 0.15) is 22.8 Å². The monoisotopic (exact) mass is 379 g/mol. The predicted molar refractivity (Wildman–Crippen MR) is 101 cm³/mol. The summed E-state index contributed by atoms with van der Waals surface area (Å²) >= 11 is 0. The molecule has 0 saturated carbocycles. The average Bonchev–Trinajstić information content (AvgIpc) is 2.62. The van der Waals surface area contributed by atoms with E-state index >= 15 is 0 Å². The Morgan fingerprint density at radius 3 is 2.23 bits per heavy atom. The van der Waals surface area contributed by atoms with Gasteiger partial charge in [-0.05, 0) is 30.2 Å². The second kappa shape index (κ2) is 8.53. The molecule has 0 bridgehead atoms. The van der Waals surface area contributed by atoms with E-state index in [1.54, 1.807) is 30.3 Å². The quantitative estimate of drug-likeness (QED) is 0.763. The standard InChI is InChI=1S/C19H25NO5S/c1-14-5-7-15(8-6-14)13-26(22,23)20(2)12-17(21)16-9-10-18(24-3)19(11-16)25-4/h5-11,17,21H,12-13H2,1-4H3. The van der Waals surface area contributed by atoms with Crippen molar-refractivity contribution in [2.45, 2.75) is 18.8 Å². The number of aliphatic hydroxyl groups is 1. The van der Waals surface area contributed by atoms with Gasteiger partial charge in [-0.2, -0.15) is 0 Å². The Bertz CT molecular complexity index is 834. The van der Waals surface area contributed by atoms with Gasteiger partial charge in [0.25, 0.3) is 0 Å². The van der Waals surface area contributed by atoms with E-state index in [4.69, 9.17) is 9.47 Å². The molecule has 0 fully saturated rings. The molecule has 0 aromatic heterocycles. The predicted octanol–water partition coefficient (Wildman–Crippen LogP) is 2.51. The van der Waals surface area contributed by atoms with Crippen molar-refractivity contribution in [3.63, 3.8) is 0 Å². The molecule has 6 nitrogen and oxygen atoms in total.